The lowest BCUT2D eigenvalue weighted by molar-refractivity contribution is -0.147. The number of benzene rings is 1. The maximum absolute atomic E-state index is 13.6. The van der Waals surface area contributed by atoms with Crippen LogP contribution in [0.25, 0.3) is 11.4 Å². The zero-order valence-electron chi connectivity index (χ0n) is 20.0. The van der Waals surface area contributed by atoms with Crippen LogP contribution in [0.5, 0.6) is 0 Å². The Hall–Kier alpha value is -3.18. The van der Waals surface area contributed by atoms with E-state index in [1.165, 1.54) is 28.3 Å². The highest BCUT2D eigenvalue weighted by Gasteiger charge is 2.39. The molecule has 1 N–H and O–H groups in total. The van der Waals surface area contributed by atoms with Crippen molar-refractivity contribution in [2.45, 2.75) is 57.8 Å². The molecule has 3 aromatic rings. The number of amides is 2. The van der Waals surface area contributed by atoms with E-state index in [-0.39, 0.29) is 36.1 Å². The number of carbonyl (C=O) groups is 2. The van der Waals surface area contributed by atoms with Crippen LogP contribution in [-0.4, -0.2) is 61.7 Å². The molecule has 2 atom stereocenters. The number of hydrogen-bond donors (Lipinski definition) is 1. The molecule has 2 unspecified atom stereocenters. The fourth-order valence-corrected chi connectivity index (χ4v) is 4.88. The van der Waals surface area contributed by atoms with Crippen molar-refractivity contribution < 1.29 is 18.7 Å². The highest BCUT2D eigenvalue weighted by Crippen LogP contribution is 2.32. The minimum absolute atomic E-state index is 0.00837. The van der Waals surface area contributed by atoms with Crippen molar-refractivity contribution >= 4 is 23.2 Å². The van der Waals surface area contributed by atoms with E-state index in [2.05, 4.69) is 20.7 Å². The second-order valence-electron chi connectivity index (χ2n) is 9.38. The smallest absolute Gasteiger partial charge is 0.248 e. The lowest BCUT2D eigenvalue weighted by Crippen LogP contribution is -2.53. The normalized spacial score (nSPS) is 16.7. The lowest BCUT2D eigenvalue weighted by Gasteiger charge is -2.40. The van der Waals surface area contributed by atoms with Gasteiger partial charge in [0.15, 0.2) is 0 Å². The Morgan fingerprint density at radius 1 is 1.29 bits per heavy atom. The summed E-state index contributed by atoms with van der Waals surface area (Å²) in [7, 11) is 0. The predicted octanol–water partition coefficient (Wildman–Crippen LogP) is 3.20. The molecule has 35 heavy (non-hydrogen) atoms. The van der Waals surface area contributed by atoms with Gasteiger partial charge in [-0.2, -0.15) is 4.80 Å². The highest BCUT2D eigenvalue weighted by atomic mass is 32.1. The van der Waals surface area contributed by atoms with E-state index in [4.69, 9.17) is 4.74 Å². The lowest BCUT2D eigenvalue weighted by atomic mass is 10.0. The molecule has 1 aliphatic rings. The third-order valence-corrected chi connectivity index (χ3v) is 6.60. The third-order valence-electron chi connectivity index (χ3n) is 5.67. The molecule has 1 aromatic carbocycles. The molecule has 186 valence electrons. The van der Waals surface area contributed by atoms with Gasteiger partial charge in [-0.15, -0.1) is 21.5 Å². The first kappa shape index (κ1) is 24.9. The molecule has 0 bridgehead atoms. The number of nitrogens with one attached hydrogen (secondary N) is 1. The van der Waals surface area contributed by atoms with E-state index in [1.807, 2.05) is 38.3 Å². The summed E-state index contributed by atoms with van der Waals surface area (Å²) in [6, 6.07) is 8.61. The Morgan fingerprint density at radius 3 is 2.69 bits per heavy atom. The molecule has 0 aliphatic carbocycles. The largest absolute Gasteiger partial charge is 0.376 e. The molecule has 0 spiro atoms. The van der Waals surface area contributed by atoms with Crippen LogP contribution < -0.4 is 5.32 Å². The minimum Gasteiger partial charge on any atom is -0.376 e. The summed E-state index contributed by atoms with van der Waals surface area (Å²) in [4.78, 5) is 30.5. The Balaban J connectivity index is 1.55. The number of halogens is 1. The number of rotatable bonds is 8. The van der Waals surface area contributed by atoms with Crippen molar-refractivity contribution in [1.29, 1.82) is 0 Å². The SMILES string of the molecule is CC(C)(C)N(C(=O)Cn1nnc(-c2ccc(F)cc2)n1)C(C(=O)NCC1CCCO1)c1cccs1. The van der Waals surface area contributed by atoms with Crippen LogP contribution >= 0.6 is 11.3 Å². The third kappa shape index (κ3) is 6.09. The van der Waals surface area contributed by atoms with Crippen molar-refractivity contribution in [3.63, 3.8) is 0 Å². The Bertz CT molecular complexity index is 1140. The van der Waals surface area contributed by atoms with Gasteiger partial charge in [0.2, 0.25) is 17.6 Å². The van der Waals surface area contributed by atoms with Gasteiger partial charge in [0.05, 0.1) is 6.10 Å². The van der Waals surface area contributed by atoms with Gasteiger partial charge in [0.1, 0.15) is 18.4 Å². The van der Waals surface area contributed by atoms with Gasteiger partial charge >= 0.3 is 0 Å². The number of nitrogens with zero attached hydrogens (tertiary/aromatic N) is 5. The van der Waals surface area contributed by atoms with Crippen LogP contribution in [0, 0.1) is 5.82 Å². The van der Waals surface area contributed by atoms with E-state index in [0.29, 0.717) is 18.7 Å². The average molecular weight is 501 g/mol. The summed E-state index contributed by atoms with van der Waals surface area (Å²) < 4.78 is 18.9. The number of ether oxygens (including phenoxy) is 1. The molecule has 1 fully saturated rings. The van der Waals surface area contributed by atoms with E-state index < -0.39 is 11.6 Å². The van der Waals surface area contributed by atoms with Crippen molar-refractivity contribution in [2.24, 2.45) is 0 Å². The van der Waals surface area contributed by atoms with Crippen LogP contribution in [0.15, 0.2) is 41.8 Å². The number of thiophene rings is 1. The molecule has 11 heteroatoms. The van der Waals surface area contributed by atoms with Crippen LogP contribution in [-0.2, 0) is 20.9 Å². The summed E-state index contributed by atoms with van der Waals surface area (Å²) in [6.07, 6.45) is 1.87. The molecule has 2 aromatic heterocycles. The standard InChI is InChI=1S/C24H29FN6O3S/c1-24(2,3)31(20(32)15-30-28-22(27-29-30)16-8-10-17(25)11-9-16)21(19-7-5-13-35-19)23(33)26-14-18-6-4-12-34-18/h5,7-11,13,18,21H,4,6,12,14-15H2,1-3H3,(H,26,33). The van der Waals surface area contributed by atoms with Crippen molar-refractivity contribution in [3.8, 4) is 11.4 Å². The van der Waals surface area contributed by atoms with E-state index >= 15 is 0 Å². The average Bonchev–Trinajstić information content (AvgIpc) is 3.58. The number of aromatic nitrogens is 4. The molecule has 2 amide bonds. The first-order chi connectivity index (χ1) is 16.7. The fourth-order valence-electron chi connectivity index (χ4n) is 4.06. The van der Waals surface area contributed by atoms with Crippen molar-refractivity contribution in [3.05, 3.63) is 52.5 Å². The second kappa shape index (κ2) is 10.6. The van der Waals surface area contributed by atoms with Crippen LogP contribution in [0.4, 0.5) is 4.39 Å². The number of hydrogen-bond acceptors (Lipinski definition) is 7. The molecule has 0 saturated carbocycles. The summed E-state index contributed by atoms with van der Waals surface area (Å²) >= 11 is 1.42. The topological polar surface area (TPSA) is 102 Å². The molecular formula is C24H29FN6O3S. The minimum atomic E-state index is -0.816. The van der Waals surface area contributed by atoms with Crippen molar-refractivity contribution in [1.82, 2.24) is 30.4 Å². The summed E-state index contributed by atoms with van der Waals surface area (Å²) in [6.45, 7) is 6.56. The van der Waals surface area contributed by atoms with Gasteiger partial charge in [-0.1, -0.05) is 6.07 Å². The monoisotopic (exact) mass is 500 g/mol. The highest BCUT2D eigenvalue weighted by molar-refractivity contribution is 7.10. The summed E-state index contributed by atoms with van der Waals surface area (Å²) in [5, 5.41) is 17.1. The first-order valence-corrected chi connectivity index (χ1v) is 12.4. The maximum Gasteiger partial charge on any atom is 0.248 e. The maximum atomic E-state index is 13.6. The second-order valence-corrected chi connectivity index (χ2v) is 10.4. The van der Waals surface area contributed by atoms with Gasteiger partial charge in [-0.25, -0.2) is 4.39 Å². The Morgan fingerprint density at radius 2 is 2.06 bits per heavy atom. The number of tetrazole rings is 1. The Labute approximate surface area is 207 Å². The van der Waals surface area contributed by atoms with Gasteiger partial charge in [-0.3, -0.25) is 9.59 Å². The van der Waals surface area contributed by atoms with Gasteiger partial charge < -0.3 is 15.0 Å². The Kier molecular flexibility index (Phi) is 7.56. The first-order valence-electron chi connectivity index (χ1n) is 11.5. The molecule has 4 rings (SSSR count). The van der Waals surface area contributed by atoms with Gasteiger partial charge in [0, 0.05) is 29.1 Å². The van der Waals surface area contributed by atoms with Crippen LogP contribution in [0.1, 0.15) is 44.5 Å². The van der Waals surface area contributed by atoms with Gasteiger partial charge in [0.25, 0.3) is 0 Å². The van der Waals surface area contributed by atoms with E-state index in [1.54, 1.807) is 17.0 Å². The quantitative estimate of drug-likeness (QED) is 0.510. The summed E-state index contributed by atoms with van der Waals surface area (Å²) in [5.74, 6) is -0.672. The molecule has 1 aliphatic heterocycles. The summed E-state index contributed by atoms with van der Waals surface area (Å²) in [5.41, 5.74) is -0.0874. The van der Waals surface area contributed by atoms with Gasteiger partial charge in [-0.05, 0) is 74.5 Å². The van der Waals surface area contributed by atoms with Crippen molar-refractivity contribution in [2.75, 3.05) is 13.2 Å². The van der Waals surface area contributed by atoms with Crippen LogP contribution in [0.3, 0.4) is 0 Å². The molecular weight excluding hydrogens is 471 g/mol. The predicted molar refractivity (Wildman–Crippen MR) is 129 cm³/mol. The van der Waals surface area contributed by atoms with E-state index in [0.717, 1.165) is 17.7 Å². The molecule has 1 saturated heterocycles. The van der Waals surface area contributed by atoms with E-state index in [9.17, 15) is 14.0 Å². The molecule has 9 nitrogen and oxygen atoms in total. The number of carbonyl (C=O) groups excluding carboxylic acids is 2. The zero-order chi connectivity index (χ0) is 25.0. The fraction of sp³-hybridized carbons (Fsp3) is 0.458. The zero-order valence-corrected chi connectivity index (χ0v) is 20.8. The molecule has 3 heterocycles. The molecule has 0 radical (unpaired) electrons. The van der Waals surface area contributed by atoms with Crippen LogP contribution in [0.2, 0.25) is 0 Å².